The Morgan fingerprint density at radius 3 is 2.71 bits per heavy atom. The predicted molar refractivity (Wildman–Crippen MR) is 73.7 cm³/mol. The minimum Gasteiger partial charge on any atom is -0.310 e. The number of likely N-dealkylation sites (tertiary alicyclic amines) is 1. The molecule has 0 amide bonds. The molecule has 2 unspecified atom stereocenters. The van der Waals surface area contributed by atoms with Gasteiger partial charge in [0.1, 0.15) is 0 Å². The van der Waals surface area contributed by atoms with Crippen LogP contribution >= 0.6 is 11.6 Å². The molecule has 2 atom stereocenters. The van der Waals surface area contributed by atoms with Crippen molar-refractivity contribution in [3.8, 4) is 0 Å². The van der Waals surface area contributed by atoms with Crippen molar-refractivity contribution in [3.05, 3.63) is 34.9 Å². The molecule has 0 radical (unpaired) electrons. The van der Waals surface area contributed by atoms with Crippen LogP contribution in [-0.2, 0) is 6.42 Å². The van der Waals surface area contributed by atoms with E-state index in [2.05, 4.69) is 36.3 Å². The average molecular weight is 253 g/mol. The zero-order chi connectivity index (χ0) is 12.3. The maximum atomic E-state index is 5.88. The minimum absolute atomic E-state index is 0.521. The fourth-order valence-corrected chi connectivity index (χ4v) is 2.63. The van der Waals surface area contributed by atoms with Gasteiger partial charge in [0.25, 0.3) is 0 Å². The highest BCUT2D eigenvalue weighted by molar-refractivity contribution is 6.30. The van der Waals surface area contributed by atoms with Crippen molar-refractivity contribution < 1.29 is 0 Å². The van der Waals surface area contributed by atoms with E-state index < -0.39 is 0 Å². The highest BCUT2D eigenvalue weighted by Gasteiger charge is 2.20. The SMILES string of the molecule is CC(Cc1ccc(Cl)cc1)NC1CCN(C)C1. The van der Waals surface area contributed by atoms with E-state index in [4.69, 9.17) is 11.6 Å². The van der Waals surface area contributed by atoms with E-state index in [0.717, 1.165) is 11.4 Å². The van der Waals surface area contributed by atoms with Crippen LogP contribution in [0.25, 0.3) is 0 Å². The molecule has 0 aromatic heterocycles. The van der Waals surface area contributed by atoms with Crippen LogP contribution in [-0.4, -0.2) is 37.1 Å². The Hall–Kier alpha value is -0.570. The van der Waals surface area contributed by atoms with Gasteiger partial charge in [0.15, 0.2) is 0 Å². The molecule has 0 aliphatic carbocycles. The van der Waals surface area contributed by atoms with Crippen LogP contribution in [0, 0.1) is 0 Å². The first-order valence-corrected chi connectivity index (χ1v) is 6.70. The second kappa shape index (κ2) is 5.85. The quantitative estimate of drug-likeness (QED) is 0.886. The highest BCUT2D eigenvalue weighted by Crippen LogP contribution is 2.12. The molecule has 1 heterocycles. The lowest BCUT2D eigenvalue weighted by molar-refractivity contribution is 0.384. The van der Waals surface area contributed by atoms with Gasteiger partial charge in [-0.2, -0.15) is 0 Å². The molecule has 0 spiro atoms. The lowest BCUT2D eigenvalue weighted by Crippen LogP contribution is -2.39. The number of likely N-dealkylation sites (N-methyl/N-ethyl adjacent to an activating group) is 1. The van der Waals surface area contributed by atoms with Crippen molar-refractivity contribution >= 4 is 11.6 Å². The fraction of sp³-hybridized carbons (Fsp3) is 0.571. The number of benzene rings is 1. The maximum absolute atomic E-state index is 5.88. The summed E-state index contributed by atoms with van der Waals surface area (Å²) < 4.78 is 0. The van der Waals surface area contributed by atoms with Gasteiger partial charge in [-0.3, -0.25) is 0 Å². The van der Waals surface area contributed by atoms with Crippen LogP contribution < -0.4 is 5.32 Å². The first kappa shape index (κ1) is 12.9. The van der Waals surface area contributed by atoms with Crippen LogP contribution in [0.1, 0.15) is 18.9 Å². The first-order valence-electron chi connectivity index (χ1n) is 6.32. The second-order valence-electron chi connectivity index (χ2n) is 5.15. The summed E-state index contributed by atoms with van der Waals surface area (Å²) in [5.74, 6) is 0. The zero-order valence-corrected chi connectivity index (χ0v) is 11.4. The van der Waals surface area contributed by atoms with Gasteiger partial charge in [-0.05, 0) is 51.1 Å². The number of hydrogen-bond donors (Lipinski definition) is 1. The number of halogens is 1. The van der Waals surface area contributed by atoms with Gasteiger partial charge in [-0.1, -0.05) is 23.7 Å². The van der Waals surface area contributed by atoms with Gasteiger partial charge in [0, 0.05) is 23.7 Å². The normalized spacial score (nSPS) is 22.9. The van der Waals surface area contributed by atoms with Crippen LogP contribution in [0.3, 0.4) is 0 Å². The molecule has 1 saturated heterocycles. The molecule has 1 aromatic carbocycles. The van der Waals surface area contributed by atoms with Crippen LogP contribution in [0.5, 0.6) is 0 Å². The molecular formula is C14H21ClN2. The molecule has 1 fully saturated rings. The van der Waals surface area contributed by atoms with E-state index in [1.807, 2.05) is 12.1 Å². The number of nitrogens with zero attached hydrogens (tertiary/aromatic N) is 1. The molecule has 0 saturated carbocycles. The van der Waals surface area contributed by atoms with E-state index in [-0.39, 0.29) is 0 Å². The van der Waals surface area contributed by atoms with Crippen LogP contribution in [0.2, 0.25) is 5.02 Å². The smallest absolute Gasteiger partial charge is 0.0406 e. The molecule has 1 aliphatic heterocycles. The van der Waals surface area contributed by atoms with Crippen molar-refractivity contribution in [3.63, 3.8) is 0 Å². The van der Waals surface area contributed by atoms with Crippen LogP contribution in [0.4, 0.5) is 0 Å². The van der Waals surface area contributed by atoms with Gasteiger partial charge in [0.2, 0.25) is 0 Å². The molecule has 1 N–H and O–H groups in total. The second-order valence-corrected chi connectivity index (χ2v) is 5.58. The van der Waals surface area contributed by atoms with Crippen molar-refractivity contribution in [2.75, 3.05) is 20.1 Å². The van der Waals surface area contributed by atoms with E-state index in [1.165, 1.54) is 25.1 Å². The lowest BCUT2D eigenvalue weighted by atomic mass is 10.1. The third-order valence-corrected chi connectivity index (χ3v) is 3.62. The standard InChI is InChI=1S/C14H21ClN2/c1-11(16-14-7-8-17(2)10-14)9-12-3-5-13(15)6-4-12/h3-6,11,14,16H,7-10H2,1-2H3. The maximum Gasteiger partial charge on any atom is 0.0406 e. The summed E-state index contributed by atoms with van der Waals surface area (Å²) in [7, 11) is 2.19. The molecule has 3 heteroatoms. The summed E-state index contributed by atoms with van der Waals surface area (Å²) in [6.45, 7) is 4.64. The Bertz CT molecular complexity index is 350. The van der Waals surface area contributed by atoms with Gasteiger partial charge in [0.05, 0.1) is 0 Å². The predicted octanol–water partition coefficient (Wildman–Crippen LogP) is 2.56. The highest BCUT2D eigenvalue weighted by atomic mass is 35.5. The Morgan fingerprint density at radius 2 is 2.12 bits per heavy atom. The zero-order valence-electron chi connectivity index (χ0n) is 10.6. The Labute approximate surface area is 109 Å². The van der Waals surface area contributed by atoms with Crippen molar-refractivity contribution in [1.29, 1.82) is 0 Å². The summed E-state index contributed by atoms with van der Waals surface area (Å²) in [5.41, 5.74) is 1.35. The summed E-state index contributed by atoms with van der Waals surface area (Å²) >= 11 is 5.88. The Morgan fingerprint density at radius 1 is 1.41 bits per heavy atom. The molecular weight excluding hydrogens is 232 g/mol. The van der Waals surface area contributed by atoms with Crippen molar-refractivity contribution in [2.24, 2.45) is 0 Å². The molecule has 1 aliphatic rings. The lowest BCUT2D eigenvalue weighted by Gasteiger charge is -2.19. The van der Waals surface area contributed by atoms with E-state index >= 15 is 0 Å². The summed E-state index contributed by atoms with van der Waals surface area (Å²) in [6.07, 6.45) is 2.33. The molecule has 94 valence electrons. The molecule has 2 rings (SSSR count). The van der Waals surface area contributed by atoms with Gasteiger partial charge in [-0.25, -0.2) is 0 Å². The number of hydrogen-bond acceptors (Lipinski definition) is 2. The van der Waals surface area contributed by atoms with Crippen LogP contribution in [0.15, 0.2) is 24.3 Å². The minimum atomic E-state index is 0.521. The summed E-state index contributed by atoms with van der Waals surface area (Å²) in [6, 6.07) is 9.33. The van der Waals surface area contributed by atoms with E-state index in [1.54, 1.807) is 0 Å². The van der Waals surface area contributed by atoms with Gasteiger partial charge >= 0.3 is 0 Å². The molecule has 2 nitrogen and oxygen atoms in total. The largest absolute Gasteiger partial charge is 0.310 e. The fourth-order valence-electron chi connectivity index (χ4n) is 2.51. The number of rotatable bonds is 4. The van der Waals surface area contributed by atoms with Crippen molar-refractivity contribution in [1.82, 2.24) is 10.2 Å². The van der Waals surface area contributed by atoms with Crippen molar-refractivity contribution in [2.45, 2.75) is 31.8 Å². The molecule has 1 aromatic rings. The number of nitrogens with one attached hydrogen (secondary N) is 1. The Kier molecular flexibility index (Phi) is 4.43. The summed E-state index contributed by atoms with van der Waals surface area (Å²) in [4.78, 5) is 2.38. The average Bonchev–Trinajstić information content (AvgIpc) is 2.67. The monoisotopic (exact) mass is 252 g/mol. The first-order chi connectivity index (χ1) is 8.13. The third-order valence-electron chi connectivity index (χ3n) is 3.37. The summed E-state index contributed by atoms with van der Waals surface area (Å²) in [5, 5.41) is 4.51. The topological polar surface area (TPSA) is 15.3 Å². The van der Waals surface area contributed by atoms with E-state index in [0.29, 0.717) is 12.1 Å². The van der Waals surface area contributed by atoms with Gasteiger partial charge < -0.3 is 10.2 Å². The third kappa shape index (κ3) is 3.98. The van der Waals surface area contributed by atoms with E-state index in [9.17, 15) is 0 Å². The Balaban J connectivity index is 1.80. The molecule has 0 bridgehead atoms. The molecule has 17 heavy (non-hydrogen) atoms. The van der Waals surface area contributed by atoms with Gasteiger partial charge in [-0.15, -0.1) is 0 Å².